The fraction of sp³-hybridized carbons (Fsp3) is 0.526. The summed E-state index contributed by atoms with van der Waals surface area (Å²) in [7, 11) is 0. The first-order chi connectivity index (χ1) is 12.1. The molecule has 0 saturated carbocycles. The number of aryl methyl sites for hydroxylation is 2. The third-order valence-electron chi connectivity index (χ3n) is 5.17. The maximum absolute atomic E-state index is 13.1. The van der Waals surface area contributed by atoms with Crippen molar-refractivity contribution in [3.05, 3.63) is 39.5 Å². The van der Waals surface area contributed by atoms with Crippen molar-refractivity contribution in [3.63, 3.8) is 0 Å². The van der Waals surface area contributed by atoms with Crippen LogP contribution in [-0.4, -0.2) is 40.4 Å². The lowest BCUT2D eigenvalue weighted by atomic mass is 9.95. The number of piperidine rings is 1. The van der Waals surface area contributed by atoms with Crippen LogP contribution >= 0.6 is 11.3 Å². The molecule has 2 aromatic heterocycles. The van der Waals surface area contributed by atoms with E-state index in [-0.39, 0.29) is 5.92 Å². The van der Waals surface area contributed by atoms with E-state index >= 15 is 0 Å². The molecule has 1 atom stereocenters. The molecule has 1 unspecified atom stereocenters. The maximum Gasteiger partial charge on any atom is 0.227 e. The Labute approximate surface area is 152 Å². The van der Waals surface area contributed by atoms with Gasteiger partial charge in [0, 0.05) is 42.8 Å². The van der Waals surface area contributed by atoms with Crippen molar-refractivity contribution < 1.29 is 4.79 Å². The van der Waals surface area contributed by atoms with E-state index in [4.69, 9.17) is 0 Å². The van der Waals surface area contributed by atoms with Crippen LogP contribution in [0.2, 0.25) is 0 Å². The summed E-state index contributed by atoms with van der Waals surface area (Å²) < 4.78 is 0. The SMILES string of the molecule is Cc1cc(N2CCCC(C(=O)N3CCc4sccc4C3)C2)nc(C)n1. The van der Waals surface area contributed by atoms with E-state index in [2.05, 4.69) is 31.2 Å². The molecule has 1 amide bonds. The van der Waals surface area contributed by atoms with Crippen LogP contribution in [0.4, 0.5) is 5.82 Å². The van der Waals surface area contributed by atoms with Crippen LogP contribution in [0.25, 0.3) is 0 Å². The monoisotopic (exact) mass is 356 g/mol. The van der Waals surface area contributed by atoms with Crippen molar-refractivity contribution >= 4 is 23.1 Å². The zero-order valence-electron chi connectivity index (χ0n) is 14.9. The van der Waals surface area contributed by atoms with Crippen LogP contribution < -0.4 is 4.90 Å². The number of aromatic nitrogens is 2. The van der Waals surface area contributed by atoms with Gasteiger partial charge >= 0.3 is 0 Å². The molecule has 0 radical (unpaired) electrons. The number of rotatable bonds is 2. The number of hydrogen-bond acceptors (Lipinski definition) is 5. The molecule has 4 heterocycles. The third-order valence-corrected chi connectivity index (χ3v) is 6.19. The van der Waals surface area contributed by atoms with Gasteiger partial charge in [0.25, 0.3) is 0 Å². The average molecular weight is 356 g/mol. The highest BCUT2D eigenvalue weighted by molar-refractivity contribution is 7.10. The molecule has 5 nitrogen and oxygen atoms in total. The van der Waals surface area contributed by atoms with Crippen molar-refractivity contribution in [1.82, 2.24) is 14.9 Å². The maximum atomic E-state index is 13.1. The Morgan fingerprint density at radius 1 is 1.28 bits per heavy atom. The summed E-state index contributed by atoms with van der Waals surface area (Å²) in [6.07, 6.45) is 3.01. The van der Waals surface area contributed by atoms with Crippen molar-refractivity contribution in [2.24, 2.45) is 5.92 Å². The van der Waals surface area contributed by atoms with E-state index in [9.17, 15) is 4.79 Å². The van der Waals surface area contributed by atoms with E-state index < -0.39 is 0 Å². The molecule has 2 aliphatic heterocycles. The predicted molar refractivity (Wildman–Crippen MR) is 99.9 cm³/mol. The number of amides is 1. The second kappa shape index (κ2) is 6.75. The zero-order chi connectivity index (χ0) is 17.4. The quantitative estimate of drug-likeness (QED) is 0.830. The van der Waals surface area contributed by atoms with Crippen LogP contribution in [0.5, 0.6) is 0 Å². The van der Waals surface area contributed by atoms with Gasteiger partial charge in [-0.1, -0.05) is 0 Å². The molecule has 1 fully saturated rings. The van der Waals surface area contributed by atoms with E-state index in [0.717, 1.165) is 62.8 Å². The Morgan fingerprint density at radius 2 is 2.16 bits per heavy atom. The van der Waals surface area contributed by atoms with Crippen LogP contribution in [0.15, 0.2) is 17.5 Å². The number of fused-ring (bicyclic) bond motifs is 1. The molecule has 2 aliphatic rings. The predicted octanol–water partition coefficient (Wildman–Crippen LogP) is 2.96. The number of hydrogen-bond donors (Lipinski definition) is 0. The van der Waals surface area contributed by atoms with Gasteiger partial charge < -0.3 is 9.80 Å². The van der Waals surface area contributed by atoms with E-state index in [0.29, 0.717) is 5.91 Å². The Hall–Kier alpha value is -1.95. The van der Waals surface area contributed by atoms with Crippen LogP contribution in [0.3, 0.4) is 0 Å². The highest BCUT2D eigenvalue weighted by Crippen LogP contribution is 2.28. The molecule has 0 bridgehead atoms. The summed E-state index contributed by atoms with van der Waals surface area (Å²) in [6, 6.07) is 4.19. The summed E-state index contributed by atoms with van der Waals surface area (Å²) in [5.41, 5.74) is 2.32. The van der Waals surface area contributed by atoms with Crippen LogP contribution in [0, 0.1) is 19.8 Å². The fourth-order valence-corrected chi connectivity index (χ4v) is 4.83. The highest BCUT2D eigenvalue weighted by Gasteiger charge is 2.31. The second-order valence-corrected chi connectivity index (χ2v) is 8.08. The Kier molecular flexibility index (Phi) is 4.46. The Morgan fingerprint density at radius 3 is 3.00 bits per heavy atom. The van der Waals surface area contributed by atoms with Gasteiger partial charge in [0.2, 0.25) is 5.91 Å². The van der Waals surface area contributed by atoms with Crippen molar-refractivity contribution in [2.75, 3.05) is 24.5 Å². The normalized spacial score (nSPS) is 20.5. The number of nitrogens with zero attached hydrogens (tertiary/aromatic N) is 4. The highest BCUT2D eigenvalue weighted by atomic mass is 32.1. The molecule has 0 aromatic carbocycles. The molecular formula is C19H24N4OS. The van der Waals surface area contributed by atoms with Crippen molar-refractivity contribution in [1.29, 1.82) is 0 Å². The smallest absolute Gasteiger partial charge is 0.227 e. The Balaban J connectivity index is 1.47. The molecule has 132 valence electrons. The summed E-state index contributed by atoms with van der Waals surface area (Å²) in [6.45, 7) is 7.29. The second-order valence-electron chi connectivity index (χ2n) is 7.08. The summed E-state index contributed by atoms with van der Waals surface area (Å²) in [5.74, 6) is 2.14. The van der Waals surface area contributed by atoms with Crippen molar-refractivity contribution in [2.45, 2.75) is 39.7 Å². The average Bonchev–Trinajstić information content (AvgIpc) is 3.08. The van der Waals surface area contributed by atoms with E-state index in [1.807, 2.05) is 31.3 Å². The first-order valence-corrected chi connectivity index (χ1v) is 9.89. The van der Waals surface area contributed by atoms with Crippen LogP contribution in [0.1, 0.15) is 34.8 Å². The topological polar surface area (TPSA) is 49.3 Å². The fourth-order valence-electron chi connectivity index (χ4n) is 3.94. The minimum Gasteiger partial charge on any atom is -0.356 e. The lowest BCUT2D eigenvalue weighted by Crippen LogP contribution is -2.46. The standard InChI is InChI=1S/C19H24N4OS/c1-13-10-18(21-14(2)20-13)22-7-3-4-16(12-22)19(24)23-8-5-17-15(11-23)6-9-25-17/h6,9-10,16H,3-5,7-8,11-12H2,1-2H3. The minimum atomic E-state index is 0.0736. The van der Waals surface area contributed by atoms with Gasteiger partial charge in [-0.15, -0.1) is 11.3 Å². The van der Waals surface area contributed by atoms with Gasteiger partial charge in [-0.3, -0.25) is 4.79 Å². The third kappa shape index (κ3) is 3.40. The zero-order valence-corrected chi connectivity index (χ0v) is 15.7. The first-order valence-electron chi connectivity index (χ1n) is 9.01. The number of carbonyl (C=O) groups excluding carboxylic acids is 1. The van der Waals surface area contributed by atoms with E-state index in [1.54, 1.807) is 0 Å². The largest absolute Gasteiger partial charge is 0.356 e. The van der Waals surface area contributed by atoms with Crippen molar-refractivity contribution in [3.8, 4) is 0 Å². The molecular weight excluding hydrogens is 332 g/mol. The number of carbonyl (C=O) groups is 1. The molecule has 4 rings (SSSR count). The van der Waals surface area contributed by atoms with Gasteiger partial charge in [0.1, 0.15) is 11.6 Å². The molecule has 6 heteroatoms. The molecule has 2 aromatic rings. The molecule has 0 aliphatic carbocycles. The van der Waals surface area contributed by atoms with Crippen LogP contribution in [-0.2, 0) is 17.8 Å². The van der Waals surface area contributed by atoms with E-state index in [1.165, 1.54) is 10.4 Å². The summed E-state index contributed by atoms with van der Waals surface area (Å²) in [4.78, 5) is 27.8. The lowest BCUT2D eigenvalue weighted by Gasteiger charge is -2.36. The molecule has 0 N–H and O–H groups in total. The minimum absolute atomic E-state index is 0.0736. The van der Waals surface area contributed by atoms with Gasteiger partial charge in [-0.2, -0.15) is 0 Å². The van der Waals surface area contributed by atoms with Gasteiger partial charge in [0.15, 0.2) is 0 Å². The molecule has 25 heavy (non-hydrogen) atoms. The lowest BCUT2D eigenvalue weighted by molar-refractivity contribution is -0.136. The molecule has 1 saturated heterocycles. The summed E-state index contributed by atoms with van der Waals surface area (Å²) >= 11 is 1.81. The van der Waals surface area contributed by atoms with Gasteiger partial charge in [-0.25, -0.2) is 9.97 Å². The van der Waals surface area contributed by atoms with Gasteiger partial charge in [-0.05, 0) is 50.1 Å². The summed E-state index contributed by atoms with van der Waals surface area (Å²) in [5, 5.41) is 2.14. The molecule has 0 spiro atoms. The van der Waals surface area contributed by atoms with Gasteiger partial charge in [0.05, 0.1) is 5.92 Å². The number of thiophene rings is 1. The first kappa shape index (κ1) is 16.5. The Bertz CT molecular complexity index is 767. The number of anilines is 1.